The van der Waals surface area contributed by atoms with Crippen molar-refractivity contribution in [1.82, 2.24) is 24.6 Å². The molecular formula is C16H19FN6O3. The van der Waals surface area contributed by atoms with Gasteiger partial charge in [0.2, 0.25) is 5.88 Å². The van der Waals surface area contributed by atoms with Crippen LogP contribution in [0, 0.1) is 6.92 Å². The summed E-state index contributed by atoms with van der Waals surface area (Å²) >= 11 is 0. The quantitative estimate of drug-likeness (QED) is 0.886. The Morgan fingerprint density at radius 3 is 2.96 bits per heavy atom. The summed E-state index contributed by atoms with van der Waals surface area (Å²) in [6, 6.07) is 1.91. The molecule has 2 atom stereocenters. The number of piperidine rings is 1. The molecule has 4 heterocycles. The molecule has 2 aromatic heterocycles. The van der Waals surface area contributed by atoms with E-state index >= 15 is 0 Å². The molecule has 0 bridgehead atoms. The van der Waals surface area contributed by atoms with Gasteiger partial charge in [0, 0.05) is 25.6 Å². The van der Waals surface area contributed by atoms with E-state index in [2.05, 4.69) is 15.1 Å². The van der Waals surface area contributed by atoms with Crippen LogP contribution in [0.15, 0.2) is 18.6 Å². The summed E-state index contributed by atoms with van der Waals surface area (Å²) in [6.07, 6.45) is 0.178. The Bertz CT molecular complexity index is 828. The van der Waals surface area contributed by atoms with Crippen LogP contribution < -0.4 is 9.64 Å². The Balaban J connectivity index is 1.53. The van der Waals surface area contributed by atoms with Crippen LogP contribution in [0.3, 0.4) is 0 Å². The van der Waals surface area contributed by atoms with Gasteiger partial charge in [-0.25, -0.2) is 23.8 Å². The molecule has 0 spiro atoms. The number of anilines is 2. The Labute approximate surface area is 149 Å². The number of aromatic nitrogens is 4. The van der Waals surface area contributed by atoms with Crippen molar-refractivity contribution in [2.75, 3.05) is 24.5 Å². The minimum absolute atomic E-state index is 0.192. The lowest BCUT2D eigenvalue weighted by Gasteiger charge is -2.33. The normalized spacial score (nSPS) is 22.4. The summed E-state index contributed by atoms with van der Waals surface area (Å²) in [6.45, 7) is 3.39. The summed E-state index contributed by atoms with van der Waals surface area (Å²) in [5.74, 6) is 1.97. The van der Waals surface area contributed by atoms with Gasteiger partial charge in [-0.15, -0.1) is 0 Å². The van der Waals surface area contributed by atoms with Gasteiger partial charge in [-0.3, -0.25) is 0 Å². The van der Waals surface area contributed by atoms with Crippen molar-refractivity contribution in [1.29, 1.82) is 0 Å². The average molecular weight is 362 g/mol. The van der Waals surface area contributed by atoms with Crippen LogP contribution in [0.1, 0.15) is 12.0 Å². The molecule has 0 aliphatic carbocycles. The predicted octanol–water partition coefficient (Wildman–Crippen LogP) is 1.60. The number of hydrogen-bond acceptors (Lipinski definition) is 6. The fraction of sp³-hybridized carbons (Fsp3) is 0.500. The van der Waals surface area contributed by atoms with Gasteiger partial charge in [-0.05, 0) is 6.92 Å². The number of halogens is 1. The van der Waals surface area contributed by atoms with Gasteiger partial charge < -0.3 is 19.6 Å². The summed E-state index contributed by atoms with van der Waals surface area (Å²) in [7, 11) is 0. The van der Waals surface area contributed by atoms with E-state index in [0.29, 0.717) is 11.7 Å². The zero-order valence-corrected chi connectivity index (χ0v) is 14.2. The van der Waals surface area contributed by atoms with Crippen LogP contribution in [-0.4, -0.2) is 67.8 Å². The molecule has 2 aliphatic heterocycles. The highest BCUT2D eigenvalue weighted by Gasteiger charge is 2.34. The van der Waals surface area contributed by atoms with Crippen molar-refractivity contribution in [2.24, 2.45) is 0 Å². The Morgan fingerprint density at radius 2 is 2.19 bits per heavy atom. The second kappa shape index (κ2) is 6.43. The summed E-state index contributed by atoms with van der Waals surface area (Å²) in [4.78, 5) is 22.6. The zero-order valence-electron chi connectivity index (χ0n) is 14.2. The number of amides is 1. The largest absolute Gasteiger partial charge is 0.471 e. The van der Waals surface area contributed by atoms with Gasteiger partial charge in [0.1, 0.15) is 24.1 Å². The maximum atomic E-state index is 14.3. The van der Waals surface area contributed by atoms with E-state index in [1.807, 2.05) is 22.6 Å². The Hall–Kier alpha value is -2.91. The Morgan fingerprint density at radius 1 is 1.35 bits per heavy atom. The molecule has 0 saturated carbocycles. The first-order valence-corrected chi connectivity index (χ1v) is 8.44. The van der Waals surface area contributed by atoms with E-state index in [1.54, 1.807) is 6.20 Å². The van der Waals surface area contributed by atoms with Crippen LogP contribution in [0.2, 0.25) is 0 Å². The van der Waals surface area contributed by atoms with Gasteiger partial charge >= 0.3 is 6.09 Å². The van der Waals surface area contributed by atoms with Crippen molar-refractivity contribution in [3.63, 3.8) is 0 Å². The predicted molar refractivity (Wildman–Crippen MR) is 89.5 cm³/mol. The van der Waals surface area contributed by atoms with Gasteiger partial charge in [-0.1, -0.05) is 0 Å². The van der Waals surface area contributed by atoms with Crippen LogP contribution in [-0.2, 0) is 6.54 Å². The number of alkyl halides is 1. The number of nitrogens with zero attached hydrogens (tertiary/aromatic N) is 6. The van der Waals surface area contributed by atoms with E-state index in [9.17, 15) is 9.18 Å². The maximum absolute atomic E-state index is 14.3. The second-order valence-corrected chi connectivity index (χ2v) is 6.38. The molecule has 2 aliphatic rings. The van der Waals surface area contributed by atoms with E-state index in [-0.39, 0.29) is 19.5 Å². The van der Waals surface area contributed by atoms with E-state index in [4.69, 9.17) is 9.84 Å². The summed E-state index contributed by atoms with van der Waals surface area (Å²) in [5.41, 5.74) is 0.718. The van der Waals surface area contributed by atoms with E-state index in [0.717, 1.165) is 29.4 Å². The highest BCUT2D eigenvalue weighted by Crippen LogP contribution is 2.33. The molecule has 138 valence electrons. The monoisotopic (exact) mass is 362 g/mol. The lowest BCUT2D eigenvalue weighted by atomic mass is 10.1. The van der Waals surface area contributed by atoms with Crippen molar-refractivity contribution in [3.8, 4) is 5.88 Å². The molecule has 0 radical (unpaired) electrons. The maximum Gasteiger partial charge on any atom is 0.407 e. The summed E-state index contributed by atoms with van der Waals surface area (Å²) in [5, 5.41) is 13.2. The highest BCUT2D eigenvalue weighted by molar-refractivity contribution is 5.65. The number of ether oxygens (including phenoxy) is 1. The SMILES string of the molecule is Cc1c(O[C@@H]2CCN(C(=O)O)C[C@@H]2F)ncnc1N1CCn2nccc21. The first-order valence-electron chi connectivity index (χ1n) is 8.44. The standard InChI is InChI=1S/C16H19FN6O3/c1-10-14(22-6-7-23-13(22)2-4-20-23)18-9-19-15(10)26-12-3-5-21(16(24)25)8-11(12)17/h2,4,9,11-12H,3,5-8H2,1H3,(H,24,25)/t11-,12+/m0/s1. The molecule has 4 rings (SSSR count). The van der Waals surface area contributed by atoms with E-state index < -0.39 is 18.4 Å². The lowest BCUT2D eigenvalue weighted by molar-refractivity contribution is 0.0222. The van der Waals surface area contributed by atoms with Gasteiger partial charge in [0.05, 0.1) is 24.8 Å². The highest BCUT2D eigenvalue weighted by atomic mass is 19.1. The third-order valence-corrected chi connectivity index (χ3v) is 4.79. The van der Waals surface area contributed by atoms with Crippen LogP contribution >= 0.6 is 0 Å². The van der Waals surface area contributed by atoms with Crippen LogP contribution in [0.5, 0.6) is 5.88 Å². The van der Waals surface area contributed by atoms with Crippen LogP contribution in [0.25, 0.3) is 0 Å². The zero-order chi connectivity index (χ0) is 18.3. The van der Waals surface area contributed by atoms with Crippen molar-refractivity contribution >= 4 is 17.7 Å². The second-order valence-electron chi connectivity index (χ2n) is 6.38. The van der Waals surface area contributed by atoms with Gasteiger partial charge in [0.15, 0.2) is 6.17 Å². The fourth-order valence-electron chi connectivity index (χ4n) is 3.40. The Kier molecular flexibility index (Phi) is 4.09. The molecule has 1 fully saturated rings. The number of hydrogen-bond donors (Lipinski definition) is 1. The van der Waals surface area contributed by atoms with Crippen molar-refractivity contribution in [2.45, 2.75) is 32.2 Å². The average Bonchev–Trinajstić information content (AvgIpc) is 3.22. The smallest absolute Gasteiger partial charge is 0.407 e. The number of carboxylic acid groups (broad SMARTS) is 1. The minimum Gasteiger partial charge on any atom is -0.471 e. The van der Waals surface area contributed by atoms with E-state index in [1.165, 1.54) is 6.33 Å². The van der Waals surface area contributed by atoms with Crippen molar-refractivity contribution in [3.05, 3.63) is 24.2 Å². The molecule has 0 unspecified atom stereocenters. The van der Waals surface area contributed by atoms with Crippen molar-refractivity contribution < 1.29 is 19.0 Å². The molecular weight excluding hydrogens is 343 g/mol. The number of likely N-dealkylation sites (tertiary alicyclic amines) is 1. The first kappa shape index (κ1) is 16.6. The lowest BCUT2D eigenvalue weighted by Crippen LogP contribution is -2.48. The minimum atomic E-state index is -1.40. The molecule has 10 heteroatoms. The number of fused-ring (bicyclic) bond motifs is 1. The molecule has 9 nitrogen and oxygen atoms in total. The molecule has 26 heavy (non-hydrogen) atoms. The molecule has 1 N–H and O–H groups in total. The molecule has 1 saturated heterocycles. The fourth-order valence-corrected chi connectivity index (χ4v) is 3.40. The first-order chi connectivity index (χ1) is 12.5. The van der Waals surface area contributed by atoms with Gasteiger partial charge in [0.25, 0.3) is 0 Å². The third-order valence-electron chi connectivity index (χ3n) is 4.79. The third kappa shape index (κ3) is 2.80. The molecule has 0 aromatic carbocycles. The molecule has 2 aromatic rings. The van der Waals surface area contributed by atoms with Crippen LogP contribution in [0.4, 0.5) is 20.8 Å². The number of rotatable bonds is 3. The number of carbonyl (C=O) groups is 1. The summed E-state index contributed by atoms with van der Waals surface area (Å²) < 4.78 is 22.0. The molecule has 1 amide bonds. The van der Waals surface area contributed by atoms with Gasteiger partial charge in [-0.2, -0.15) is 5.10 Å². The topological polar surface area (TPSA) is 96.6 Å².